The van der Waals surface area contributed by atoms with Crippen LogP contribution in [0.25, 0.3) is 0 Å². The average molecular weight is 223 g/mol. The van der Waals surface area contributed by atoms with Gasteiger partial charge in [-0.2, -0.15) is 0 Å². The monoisotopic (exact) mass is 223 g/mol. The van der Waals surface area contributed by atoms with Crippen molar-refractivity contribution in [3.63, 3.8) is 0 Å². The lowest BCUT2D eigenvalue weighted by molar-refractivity contribution is 0.161. The van der Waals surface area contributed by atoms with Gasteiger partial charge in [0.25, 0.3) is 0 Å². The number of methoxy groups -OCH3 is 1. The molecule has 0 fully saturated rings. The minimum absolute atomic E-state index is 0.417. The Balaban J connectivity index is 2.71. The summed E-state index contributed by atoms with van der Waals surface area (Å²) in [5.74, 6) is 0.624. The summed E-state index contributed by atoms with van der Waals surface area (Å²) in [5.41, 5.74) is 1.68. The van der Waals surface area contributed by atoms with E-state index in [1.807, 2.05) is 32.0 Å². The number of carbonyl (C=O) groups is 1. The molecule has 16 heavy (non-hydrogen) atoms. The van der Waals surface area contributed by atoms with Crippen molar-refractivity contribution in [2.24, 2.45) is 0 Å². The smallest absolute Gasteiger partial charge is 0.411 e. The zero-order chi connectivity index (χ0) is 12.0. The van der Waals surface area contributed by atoms with E-state index in [2.05, 4.69) is 5.32 Å². The summed E-state index contributed by atoms with van der Waals surface area (Å²) in [7, 11) is 1.56. The van der Waals surface area contributed by atoms with Crippen LogP contribution in [0.15, 0.2) is 18.2 Å². The molecule has 0 aliphatic rings. The minimum atomic E-state index is -0.453. The first kappa shape index (κ1) is 12.4. The Morgan fingerprint density at radius 2 is 2.19 bits per heavy atom. The average Bonchev–Trinajstić information content (AvgIpc) is 2.27. The first-order valence-corrected chi connectivity index (χ1v) is 5.25. The maximum atomic E-state index is 11.4. The third-order valence-electron chi connectivity index (χ3n) is 2.03. The molecule has 0 heterocycles. The third-order valence-corrected chi connectivity index (χ3v) is 2.03. The van der Waals surface area contributed by atoms with Crippen molar-refractivity contribution in [2.45, 2.75) is 20.3 Å². The molecule has 0 saturated carbocycles. The third kappa shape index (κ3) is 3.46. The number of benzene rings is 1. The van der Waals surface area contributed by atoms with Crippen LogP contribution < -0.4 is 10.1 Å². The fourth-order valence-corrected chi connectivity index (χ4v) is 1.26. The molecule has 0 saturated heterocycles. The second-order valence-electron chi connectivity index (χ2n) is 3.46. The molecule has 1 aromatic carbocycles. The van der Waals surface area contributed by atoms with Crippen LogP contribution in [0.3, 0.4) is 0 Å². The lowest BCUT2D eigenvalue weighted by atomic mass is 10.2. The first-order chi connectivity index (χ1) is 7.67. The molecule has 4 nitrogen and oxygen atoms in total. The van der Waals surface area contributed by atoms with E-state index >= 15 is 0 Å². The highest BCUT2D eigenvalue weighted by Gasteiger charge is 2.07. The van der Waals surface area contributed by atoms with Crippen LogP contribution in [0, 0.1) is 6.92 Å². The number of ether oxygens (including phenoxy) is 2. The highest BCUT2D eigenvalue weighted by Crippen LogP contribution is 2.25. The van der Waals surface area contributed by atoms with Gasteiger partial charge in [0.1, 0.15) is 5.75 Å². The van der Waals surface area contributed by atoms with Crippen LogP contribution in [-0.2, 0) is 4.74 Å². The number of nitrogens with one attached hydrogen (secondary N) is 1. The fourth-order valence-electron chi connectivity index (χ4n) is 1.26. The van der Waals surface area contributed by atoms with Gasteiger partial charge in [0, 0.05) is 0 Å². The Hall–Kier alpha value is -1.71. The predicted octanol–water partition coefficient (Wildman–Crippen LogP) is 2.96. The van der Waals surface area contributed by atoms with E-state index in [-0.39, 0.29) is 0 Å². The normalized spacial score (nSPS) is 9.69. The Kier molecular flexibility index (Phi) is 4.64. The quantitative estimate of drug-likeness (QED) is 0.853. The van der Waals surface area contributed by atoms with Crippen LogP contribution in [0.1, 0.15) is 18.9 Å². The molecular formula is C12H17NO3. The van der Waals surface area contributed by atoms with Gasteiger partial charge < -0.3 is 9.47 Å². The van der Waals surface area contributed by atoms with Gasteiger partial charge in [-0.3, -0.25) is 5.32 Å². The lowest BCUT2D eigenvalue weighted by Gasteiger charge is -2.10. The molecule has 0 aliphatic heterocycles. The number of aryl methyl sites for hydroxylation is 1. The van der Waals surface area contributed by atoms with E-state index in [1.165, 1.54) is 0 Å². The zero-order valence-electron chi connectivity index (χ0n) is 9.87. The maximum absolute atomic E-state index is 11.4. The van der Waals surface area contributed by atoms with Gasteiger partial charge >= 0.3 is 6.09 Å². The summed E-state index contributed by atoms with van der Waals surface area (Å²) >= 11 is 0. The van der Waals surface area contributed by atoms with Crippen LogP contribution in [0.4, 0.5) is 10.5 Å². The Bertz CT molecular complexity index is 363. The summed E-state index contributed by atoms with van der Waals surface area (Å²) < 4.78 is 10.1. The molecule has 4 heteroatoms. The van der Waals surface area contributed by atoms with Gasteiger partial charge in [-0.1, -0.05) is 13.0 Å². The molecule has 1 amide bonds. The van der Waals surface area contributed by atoms with E-state index in [1.54, 1.807) is 7.11 Å². The van der Waals surface area contributed by atoms with Crippen LogP contribution in [0.5, 0.6) is 5.75 Å². The molecule has 88 valence electrons. The van der Waals surface area contributed by atoms with Gasteiger partial charge in [-0.25, -0.2) is 4.79 Å². The first-order valence-electron chi connectivity index (χ1n) is 5.25. The van der Waals surface area contributed by atoms with Crippen molar-refractivity contribution >= 4 is 11.8 Å². The van der Waals surface area contributed by atoms with Crippen LogP contribution in [-0.4, -0.2) is 19.8 Å². The zero-order valence-corrected chi connectivity index (χ0v) is 9.87. The Morgan fingerprint density at radius 1 is 1.44 bits per heavy atom. The Morgan fingerprint density at radius 3 is 2.81 bits per heavy atom. The Labute approximate surface area is 95.6 Å². The molecule has 0 unspecified atom stereocenters. The molecule has 1 rings (SSSR count). The van der Waals surface area contributed by atoms with E-state index in [9.17, 15) is 4.79 Å². The van der Waals surface area contributed by atoms with Gasteiger partial charge in [0.15, 0.2) is 0 Å². The number of rotatable bonds is 4. The molecule has 1 N–H and O–H groups in total. The maximum Gasteiger partial charge on any atom is 0.411 e. The molecule has 0 bridgehead atoms. The number of amides is 1. The second-order valence-corrected chi connectivity index (χ2v) is 3.46. The van der Waals surface area contributed by atoms with Crippen molar-refractivity contribution in [3.8, 4) is 5.75 Å². The second kappa shape index (κ2) is 6.00. The fraction of sp³-hybridized carbons (Fsp3) is 0.417. The summed E-state index contributed by atoms with van der Waals surface area (Å²) in [6.07, 6.45) is 0.351. The number of hydrogen-bond donors (Lipinski definition) is 1. The number of hydrogen-bond acceptors (Lipinski definition) is 3. The van der Waals surface area contributed by atoms with Gasteiger partial charge in [0.05, 0.1) is 19.4 Å². The predicted molar refractivity (Wildman–Crippen MR) is 63.0 cm³/mol. The largest absolute Gasteiger partial charge is 0.495 e. The summed E-state index contributed by atoms with van der Waals surface area (Å²) in [6, 6.07) is 5.57. The topological polar surface area (TPSA) is 47.6 Å². The molecule has 0 aliphatic carbocycles. The van der Waals surface area contributed by atoms with Crippen molar-refractivity contribution < 1.29 is 14.3 Å². The molecular weight excluding hydrogens is 206 g/mol. The van der Waals surface area contributed by atoms with Crippen LogP contribution >= 0.6 is 0 Å². The molecule has 0 radical (unpaired) electrons. The van der Waals surface area contributed by atoms with E-state index < -0.39 is 6.09 Å². The minimum Gasteiger partial charge on any atom is -0.495 e. The van der Waals surface area contributed by atoms with Gasteiger partial charge in [-0.15, -0.1) is 0 Å². The van der Waals surface area contributed by atoms with Gasteiger partial charge in [0.2, 0.25) is 0 Å². The van der Waals surface area contributed by atoms with E-state index in [4.69, 9.17) is 9.47 Å². The summed E-state index contributed by atoms with van der Waals surface area (Å²) in [4.78, 5) is 11.4. The standard InChI is InChI=1S/C12H17NO3/c1-4-7-16-12(14)13-10-8-9(2)5-6-11(10)15-3/h5-6,8H,4,7H2,1-3H3,(H,13,14). The molecule has 0 atom stereocenters. The lowest BCUT2D eigenvalue weighted by Crippen LogP contribution is -2.14. The van der Waals surface area contributed by atoms with Crippen LogP contribution in [0.2, 0.25) is 0 Å². The molecule has 0 aromatic heterocycles. The highest BCUT2D eigenvalue weighted by atomic mass is 16.5. The van der Waals surface area contributed by atoms with E-state index in [0.29, 0.717) is 18.0 Å². The molecule has 0 spiro atoms. The summed E-state index contributed by atoms with van der Waals surface area (Å²) in [5, 5.41) is 2.65. The van der Waals surface area contributed by atoms with Gasteiger partial charge in [-0.05, 0) is 31.0 Å². The van der Waals surface area contributed by atoms with Crippen molar-refractivity contribution in [1.82, 2.24) is 0 Å². The summed E-state index contributed by atoms with van der Waals surface area (Å²) in [6.45, 7) is 4.31. The number of carbonyl (C=O) groups excluding carboxylic acids is 1. The highest BCUT2D eigenvalue weighted by molar-refractivity contribution is 5.86. The van der Waals surface area contributed by atoms with E-state index in [0.717, 1.165) is 12.0 Å². The van der Waals surface area contributed by atoms with Crippen molar-refractivity contribution in [3.05, 3.63) is 23.8 Å². The van der Waals surface area contributed by atoms with Crippen molar-refractivity contribution in [1.29, 1.82) is 0 Å². The van der Waals surface area contributed by atoms with Crippen molar-refractivity contribution in [2.75, 3.05) is 19.0 Å². The SMILES string of the molecule is CCCOC(=O)Nc1cc(C)ccc1OC. The molecule has 1 aromatic rings. The number of anilines is 1.